The first-order valence-corrected chi connectivity index (χ1v) is 7.15. The molecule has 0 aliphatic heterocycles. The molecule has 7 nitrogen and oxygen atoms in total. The van der Waals surface area contributed by atoms with Gasteiger partial charge in [0, 0.05) is 7.11 Å². The van der Waals surface area contributed by atoms with Crippen molar-refractivity contribution in [3.63, 3.8) is 0 Å². The van der Waals surface area contributed by atoms with E-state index in [9.17, 15) is 0 Å². The molecule has 0 saturated heterocycles. The minimum atomic E-state index is -0.0354. The minimum Gasteiger partial charge on any atom is -0.461 e. The molecule has 120 valence electrons. The van der Waals surface area contributed by atoms with Gasteiger partial charge in [-0.15, -0.1) is 0 Å². The summed E-state index contributed by atoms with van der Waals surface area (Å²) in [5, 5.41) is 12.1. The van der Waals surface area contributed by atoms with Crippen molar-refractivity contribution in [2.75, 3.05) is 31.4 Å². The van der Waals surface area contributed by atoms with Gasteiger partial charge in [0.1, 0.15) is 6.61 Å². The van der Waals surface area contributed by atoms with Crippen LogP contribution in [0.1, 0.15) is 24.1 Å². The van der Waals surface area contributed by atoms with E-state index in [1.165, 1.54) is 6.20 Å². The molecule has 2 aromatic rings. The highest BCUT2D eigenvalue weighted by Gasteiger charge is 2.11. The van der Waals surface area contributed by atoms with Gasteiger partial charge < -0.3 is 20.5 Å². The molecule has 1 aromatic carbocycles. The van der Waals surface area contributed by atoms with E-state index in [4.69, 9.17) is 20.5 Å². The molecule has 0 bridgehead atoms. The SMILES string of the molecule is COCCOc1ncc(N)c(NC(C)c2ccc(C#N)cc2)n1. The first-order valence-electron chi connectivity index (χ1n) is 7.15. The van der Waals surface area contributed by atoms with E-state index < -0.39 is 0 Å². The maximum Gasteiger partial charge on any atom is 0.318 e. The Morgan fingerprint density at radius 1 is 1.30 bits per heavy atom. The van der Waals surface area contributed by atoms with Crippen LogP contribution < -0.4 is 15.8 Å². The van der Waals surface area contributed by atoms with E-state index in [1.807, 2.05) is 19.1 Å². The van der Waals surface area contributed by atoms with Crippen molar-refractivity contribution < 1.29 is 9.47 Å². The van der Waals surface area contributed by atoms with Crippen molar-refractivity contribution >= 4 is 11.5 Å². The number of aromatic nitrogens is 2. The molecule has 1 aromatic heterocycles. The molecule has 0 fully saturated rings. The lowest BCUT2D eigenvalue weighted by Gasteiger charge is -2.16. The predicted octanol–water partition coefficient (Wildman–Crippen LogP) is 2.13. The first kappa shape index (κ1) is 16.5. The zero-order valence-corrected chi connectivity index (χ0v) is 13.1. The molecule has 0 amide bonds. The number of nitrogen functional groups attached to an aromatic ring is 1. The Kier molecular flexibility index (Phi) is 5.72. The van der Waals surface area contributed by atoms with Crippen LogP contribution in [0, 0.1) is 11.3 Å². The highest BCUT2D eigenvalue weighted by Crippen LogP contribution is 2.23. The van der Waals surface area contributed by atoms with Crippen molar-refractivity contribution in [2.45, 2.75) is 13.0 Å². The highest BCUT2D eigenvalue weighted by molar-refractivity contribution is 5.60. The lowest BCUT2D eigenvalue weighted by molar-refractivity contribution is 0.141. The number of nitrogens with two attached hydrogens (primary N) is 1. The summed E-state index contributed by atoms with van der Waals surface area (Å²) in [5.41, 5.74) is 7.98. The number of hydrogen-bond donors (Lipinski definition) is 2. The highest BCUT2D eigenvalue weighted by atomic mass is 16.5. The molecule has 0 aliphatic carbocycles. The van der Waals surface area contributed by atoms with Crippen LogP contribution >= 0.6 is 0 Å². The van der Waals surface area contributed by atoms with Crippen LogP contribution in [0.2, 0.25) is 0 Å². The van der Waals surface area contributed by atoms with Gasteiger partial charge in [-0.1, -0.05) is 12.1 Å². The number of nitrogens with zero attached hydrogens (tertiary/aromatic N) is 3. The summed E-state index contributed by atoms with van der Waals surface area (Å²) in [6, 6.07) is 9.63. The van der Waals surface area contributed by atoms with Gasteiger partial charge in [0.15, 0.2) is 5.82 Å². The molecular weight excluding hydrogens is 294 g/mol. The molecule has 0 aliphatic rings. The van der Waals surface area contributed by atoms with Gasteiger partial charge in [0.25, 0.3) is 0 Å². The Bertz CT molecular complexity index is 682. The zero-order chi connectivity index (χ0) is 16.7. The number of rotatable bonds is 7. The van der Waals surface area contributed by atoms with E-state index in [0.717, 1.165) is 5.56 Å². The minimum absolute atomic E-state index is 0.0354. The van der Waals surface area contributed by atoms with Crippen LogP contribution in [-0.4, -0.2) is 30.3 Å². The van der Waals surface area contributed by atoms with Crippen LogP contribution in [0.4, 0.5) is 11.5 Å². The van der Waals surface area contributed by atoms with E-state index in [2.05, 4.69) is 21.4 Å². The number of nitrogens with one attached hydrogen (secondary N) is 1. The molecule has 2 rings (SSSR count). The smallest absolute Gasteiger partial charge is 0.318 e. The quantitative estimate of drug-likeness (QED) is 0.754. The average molecular weight is 313 g/mol. The van der Waals surface area contributed by atoms with Crippen LogP contribution in [0.3, 0.4) is 0 Å². The van der Waals surface area contributed by atoms with Crippen molar-refractivity contribution in [3.05, 3.63) is 41.6 Å². The number of nitriles is 1. The Balaban J connectivity index is 2.08. The molecule has 23 heavy (non-hydrogen) atoms. The van der Waals surface area contributed by atoms with Gasteiger partial charge in [0.2, 0.25) is 0 Å². The molecule has 1 heterocycles. The van der Waals surface area contributed by atoms with Crippen molar-refractivity contribution in [2.24, 2.45) is 0 Å². The fraction of sp³-hybridized carbons (Fsp3) is 0.312. The Morgan fingerprint density at radius 2 is 2.04 bits per heavy atom. The van der Waals surface area contributed by atoms with Crippen LogP contribution in [0.5, 0.6) is 6.01 Å². The van der Waals surface area contributed by atoms with Crippen LogP contribution in [0.25, 0.3) is 0 Å². The second-order valence-corrected chi connectivity index (χ2v) is 4.90. The predicted molar refractivity (Wildman–Crippen MR) is 87.0 cm³/mol. The van der Waals surface area contributed by atoms with E-state index in [-0.39, 0.29) is 12.1 Å². The summed E-state index contributed by atoms with van der Waals surface area (Å²) in [6.45, 7) is 2.80. The number of ether oxygens (including phenoxy) is 2. The lowest BCUT2D eigenvalue weighted by Crippen LogP contribution is -2.12. The maximum absolute atomic E-state index is 8.84. The number of hydrogen-bond acceptors (Lipinski definition) is 7. The van der Waals surface area contributed by atoms with Crippen molar-refractivity contribution in [3.8, 4) is 12.1 Å². The van der Waals surface area contributed by atoms with E-state index >= 15 is 0 Å². The summed E-state index contributed by atoms with van der Waals surface area (Å²) in [5.74, 6) is 0.504. The van der Waals surface area contributed by atoms with Gasteiger partial charge in [-0.3, -0.25) is 0 Å². The monoisotopic (exact) mass is 313 g/mol. The molecule has 0 radical (unpaired) electrons. The lowest BCUT2D eigenvalue weighted by atomic mass is 10.1. The fourth-order valence-corrected chi connectivity index (χ4v) is 1.91. The second kappa shape index (κ2) is 7.96. The van der Waals surface area contributed by atoms with Gasteiger partial charge >= 0.3 is 6.01 Å². The van der Waals surface area contributed by atoms with E-state index in [0.29, 0.717) is 30.3 Å². The van der Waals surface area contributed by atoms with Crippen molar-refractivity contribution in [1.29, 1.82) is 5.26 Å². The summed E-state index contributed by atoms with van der Waals surface area (Å²) in [6.07, 6.45) is 1.50. The summed E-state index contributed by atoms with van der Waals surface area (Å²) < 4.78 is 10.3. The third-order valence-electron chi connectivity index (χ3n) is 3.21. The normalized spacial score (nSPS) is 11.5. The number of benzene rings is 1. The van der Waals surface area contributed by atoms with Gasteiger partial charge in [-0.05, 0) is 24.6 Å². The Hall–Kier alpha value is -2.85. The van der Waals surface area contributed by atoms with Gasteiger partial charge in [-0.2, -0.15) is 10.2 Å². The molecule has 1 unspecified atom stereocenters. The third kappa shape index (κ3) is 4.56. The summed E-state index contributed by atoms with van der Waals surface area (Å²) in [7, 11) is 1.60. The second-order valence-electron chi connectivity index (χ2n) is 4.90. The Labute approximate surface area is 135 Å². The summed E-state index contributed by atoms with van der Waals surface area (Å²) in [4.78, 5) is 8.29. The molecule has 3 N–H and O–H groups in total. The molecule has 1 atom stereocenters. The van der Waals surface area contributed by atoms with Gasteiger partial charge in [0.05, 0.1) is 36.2 Å². The summed E-state index contributed by atoms with van der Waals surface area (Å²) >= 11 is 0. The largest absolute Gasteiger partial charge is 0.461 e. The number of anilines is 2. The van der Waals surface area contributed by atoms with Gasteiger partial charge in [-0.25, -0.2) is 4.98 Å². The number of methoxy groups -OCH3 is 1. The van der Waals surface area contributed by atoms with Crippen LogP contribution in [0.15, 0.2) is 30.5 Å². The van der Waals surface area contributed by atoms with E-state index in [1.54, 1.807) is 19.2 Å². The molecule has 0 saturated carbocycles. The fourth-order valence-electron chi connectivity index (χ4n) is 1.91. The third-order valence-corrected chi connectivity index (χ3v) is 3.21. The molecule has 0 spiro atoms. The standard InChI is InChI=1S/C16H19N5O2/c1-11(13-5-3-12(9-17)4-6-13)20-15-14(18)10-19-16(21-15)23-8-7-22-2/h3-6,10-11H,7-8,18H2,1-2H3,(H,19,20,21). The topological polar surface area (TPSA) is 106 Å². The first-order chi connectivity index (χ1) is 11.1. The zero-order valence-electron chi connectivity index (χ0n) is 13.1. The average Bonchev–Trinajstić information content (AvgIpc) is 2.58. The van der Waals surface area contributed by atoms with Crippen LogP contribution in [-0.2, 0) is 4.74 Å². The Morgan fingerprint density at radius 3 is 2.70 bits per heavy atom. The van der Waals surface area contributed by atoms with Crippen molar-refractivity contribution in [1.82, 2.24) is 9.97 Å². The maximum atomic E-state index is 8.84. The molecule has 7 heteroatoms. The molecular formula is C16H19N5O2.